The summed E-state index contributed by atoms with van der Waals surface area (Å²) in [6, 6.07) is 6.84. The molecule has 3 aromatic rings. The van der Waals surface area contributed by atoms with E-state index in [-0.39, 0.29) is 5.52 Å². The Bertz CT molecular complexity index is 816. The van der Waals surface area contributed by atoms with Crippen molar-refractivity contribution in [1.82, 2.24) is 15.0 Å². The SMILES string of the molecule is CNc1nc(-c2ccncc2)nc2cc(C(F)(F)F)ccc12. The fourth-order valence-electron chi connectivity index (χ4n) is 2.13. The first-order valence-corrected chi connectivity index (χ1v) is 6.46. The molecule has 1 aromatic carbocycles. The minimum Gasteiger partial charge on any atom is -0.373 e. The third-order valence-electron chi connectivity index (χ3n) is 3.20. The maximum Gasteiger partial charge on any atom is 0.416 e. The fraction of sp³-hybridized carbons (Fsp3) is 0.133. The number of hydrogen-bond acceptors (Lipinski definition) is 4. The van der Waals surface area contributed by atoms with Crippen molar-refractivity contribution in [3.05, 3.63) is 48.3 Å². The number of alkyl halides is 3. The average Bonchev–Trinajstić information content (AvgIpc) is 2.53. The highest BCUT2D eigenvalue weighted by atomic mass is 19.4. The maximum absolute atomic E-state index is 12.9. The standard InChI is InChI=1S/C15H11F3N4/c1-19-14-11-3-2-10(15(16,17)18)8-12(11)21-13(22-14)9-4-6-20-7-5-9/h2-8H,1H3,(H,19,21,22). The number of anilines is 1. The van der Waals surface area contributed by atoms with Crippen molar-refractivity contribution in [1.29, 1.82) is 0 Å². The monoisotopic (exact) mass is 304 g/mol. The van der Waals surface area contributed by atoms with Crippen LogP contribution in [-0.2, 0) is 6.18 Å². The van der Waals surface area contributed by atoms with Gasteiger partial charge in [-0.05, 0) is 30.3 Å². The van der Waals surface area contributed by atoms with Crippen LogP contribution in [0.5, 0.6) is 0 Å². The molecular formula is C15H11F3N4. The van der Waals surface area contributed by atoms with Gasteiger partial charge in [-0.25, -0.2) is 9.97 Å². The second kappa shape index (κ2) is 5.25. The van der Waals surface area contributed by atoms with E-state index in [1.165, 1.54) is 6.07 Å². The van der Waals surface area contributed by atoms with Crippen LogP contribution in [0.3, 0.4) is 0 Å². The normalized spacial score (nSPS) is 11.6. The predicted molar refractivity (Wildman–Crippen MR) is 77.3 cm³/mol. The molecule has 0 saturated carbocycles. The number of hydrogen-bond donors (Lipinski definition) is 1. The largest absolute Gasteiger partial charge is 0.416 e. The first-order valence-electron chi connectivity index (χ1n) is 6.46. The molecule has 4 nitrogen and oxygen atoms in total. The minimum atomic E-state index is -4.41. The van der Waals surface area contributed by atoms with Crippen LogP contribution >= 0.6 is 0 Å². The Morgan fingerprint density at radius 3 is 2.36 bits per heavy atom. The zero-order chi connectivity index (χ0) is 15.7. The summed E-state index contributed by atoms with van der Waals surface area (Å²) in [6.07, 6.45) is -1.25. The molecule has 0 spiro atoms. The van der Waals surface area contributed by atoms with Gasteiger partial charge in [0.2, 0.25) is 0 Å². The lowest BCUT2D eigenvalue weighted by Gasteiger charge is -2.11. The molecule has 3 rings (SSSR count). The molecule has 7 heteroatoms. The van der Waals surface area contributed by atoms with Crippen LogP contribution in [0.4, 0.5) is 19.0 Å². The lowest BCUT2D eigenvalue weighted by molar-refractivity contribution is -0.137. The second-order valence-electron chi connectivity index (χ2n) is 4.61. The maximum atomic E-state index is 12.9. The molecule has 2 aromatic heterocycles. The Morgan fingerprint density at radius 2 is 1.73 bits per heavy atom. The Morgan fingerprint density at radius 1 is 1.00 bits per heavy atom. The number of nitrogens with zero attached hydrogens (tertiary/aromatic N) is 3. The van der Waals surface area contributed by atoms with Gasteiger partial charge in [0, 0.05) is 30.4 Å². The van der Waals surface area contributed by atoms with E-state index in [4.69, 9.17) is 0 Å². The molecule has 0 aliphatic carbocycles. The molecule has 0 unspecified atom stereocenters. The van der Waals surface area contributed by atoms with E-state index in [0.29, 0.717) is 22.6 Å². The molecule has 0 bridgehead atoms. The van der Waals surface area contributed by atoms with Gasteiger partial charge >= 0.3 is 6.18 Å². The van der Waals surface area contributed by atoms with Gasteiger partial charge in [0.25, 0.3) is 0 Å². The van der Waals surface area contributed by atoms with Crippen LogP contribution in [0, 0.1) is 0 Å². The number of halogens is 3. The summed E-state index contributed by atoms with van der Waals surface area (Å²) in [4.78, 5) is 12.5. The highest BCUT2D eigenvalue weighted by Crippen LogP contribution is 2.33. The summed E-state index contributed by atoms with van der Waals surface area (Å²) in [5.74, 6) is 0.823. The zero-order valence-electron chi connectivity index (χ0n) is 11.5. The third kappa shape index (κ3) is 2.57. The van der Waals surface area contributed by atoms with Crippen LogP contribution in [-0.4, -0.2) is 22.0 Å². The smallest absolute Gasteiger partial charge is 0.373 e. The number of rotatable bonds is 2. The number of fused-ring (bicyclic) bond motifs is 1. The first-order chi connectivity index (χ1) is 10.5. The topological polar surface area (TPSA) is 50.7 Å². The minimum absolute atomic E-state index is 0.237. The van der Waals surface area contributed by atoms with Crippen LogP contribution < -0.4 is 5.32 Å². The van der Waals surface area contributed by atoms with Crippen molar-refractivity contribution in [2.45, 2.75) is 6.18 Å². The van der Waals surface area contributed by atoms with Crippen molar-refractivity contribution in [2.75, 3.05) is 12.4 Å². The Balaban J connectivity index is 2.24. The van der Waals surface area contributed by atoms with Crippen molar-refractivity contribution in [2.24, 2.45) is 0 Å². The Kier molecular flexibility index (Phi) is 3.40. The van der Waals surface area contributed by atoms with Crippen molar-refractivity contribution >= 4 is 16.7 Å². The number of aromatic nitrogens is 3. The molecule has 0 saturated heterocycles. The van der Waals surface area contributed by atoms with E-state index in [9.17, 15) is 13.2 Å². The van der Waals surface area contributed by atoms with Crippen LogP contribution in [0.1, 0.15) is 5.56 Å². The lowest BCUT2D eigenvalue weighted by atomic mass is 10.1. The van der Waals surface area contributed by atoms with Crippen molar-refractivity contribution < 1.29 is 13.2 Å². The van der Waals surface area contributed by atoms with E-state index >= 15 is 0 Å². The Labute approximate surface area is 124 Å². The fourth-order valence-corrected chi connectivity index (χ4v) is 2.13. The van der Waals surface area contributed by atoms with Crippen LogP contribution in [0.25, 0.3) is 22.3 Å². The third-order valence-corrected chi connectivity index (χ3v) is 3.20. The van der Waals surface area contributed by atoms with E-state index < -0.39 is 11.7 Å². The predicted octanol–water partition coefficient (Wildman–Crippen LogP) is 3.75. The Hall–Kier alpha value is -2.70. The molecule has 0 atom stereocenters. The van der Waals surface area contributed by atoms with Crippen molar-refractivity contribution in [3.8, 4) is 11.4 Å². The van der Waals surface area contributed by atoms with Gasteiger partial charge in [0.15, 0.2) is 5.82 Å². The van der Waals surface area contributed by atoms with Gasteiger partial charge in [0.05, 0.1) is 11.1 Å². The number of nitrogens with one attached hydrogen (secondary N) is 1. The summed E-state index contributed by atoms with van der Waals surface area (Å²) in [6.45, 7) is 0. The molecule has 22 heavy (non-hydrogen) atoms. The lowest BCUT2D eigenvalue weighted by Crippen LogP contribution is -2.06. The first kappa shape index (κ1) is 14.2. The highest BCUT2D eigenvalue weighted by molar-refractivity contribution is 5.91. The summed E-state index contributed by atoms with van der Waals surface area (Å²) in [7, 11) is 1.66. The summed E-state index contributed by atoms with van der Waals surface area (Å²) in [5.41, 5.74) is 0.188. The molecule has 0 aliphatic rings. The van der Waals surface area contributed by atoms with Gasteiger partial charge in [0.1, 0.15) is 5.82 Å². The zero-order valence-corrected chi connectivity index (χ0v) is 11.5. The van der Waals surface area contributed by atoms with E-state index in [1.54, 1.807) is 31.6 Å². The number of benzene rings is 1. The number of pyridine rings is 1. The molecule has 0 radical (unpaired) electrons. The highest BCUT2D eigenvalue weighted by Gasteiger charge is 2.30. The van der Waals surface area contributed by atoms with E-state index in [2.05, 4.69) is 20.3 Å². The van der Waals surface area contributed by atoms with Gasteiger partial charge in [-0.15, -0.1) is 0 Å². The molecule has 0 aliphatic heterocycles. The molecular weight excluding hydrogens is 293 g/mol. The summed E-state index contributed by atoms with van der Waals surface area (Å²) < 4.78 is 38.6. The molecule has 0 amide bonds. The molecule has 0 fully saturated rings. The van der Waals surface area contributed by atoms with E-state index in [0.717, 1.165) is 12.1 Å². The van der Waals surface area contributed by atoms with Gasteiger partial charge in [-0.3, -0.25) is 4.98 Å². The average molecular weight is 304 g/mol. The summed E-state index contributed by atoms with van der Waals surface area (Å²) >= 11 is 0. The van der Waals surface area contributed by atoms with Gasteiger partial charge in [-0.1, -0.05) is 0 Å². The summed E-state index contributed by atoms with van der Waals surface area (Å²) in [5, 5.41) is 3.43. The van der Waals surface area contributed by atoms with Gasteiger partial charge in [-0.2, -0.15) is 13.2 Å². The van der Waals surface area contributed by atoms with Gasteiger partial charge < -0.3 is 5.32 Å². The quantitative estimate of drug-likeness (QED) is 0.783. The molecule has 2 heterocycles. The van der Waals surface area contributed by atoms with Crippen molar-refractivity contribution in [3.63, 3.8) is 0 Å². The molecule has 112 valence electrons. The van der Waals surface area contributed by atoms with Crippen LogP contribution in [0.15, 0.2) is 42.7 Å². The second-order valence-corrected chi connectivity index (χ2v) is 4.61. The van der Waals surface area contributed by atoms with Crippen LogP contribution in [0.2, 0.25) is 0 Å². The molecule has 1 N–H and O–H groups in total. The van der Waals surface area contributed by atoms with E-state index in [1.807, 2.05) is 0 Å².